The van der Waals surface area contributed by atoms with E-state index in [2.05, 4.69) is 255 Å². The lowest BCUT2D eigenvalue weighted by atomic mass is 9.89. The molecule has 0 amide bonds. The van der Waals surface area contributed by atoms with Crippen molar-refractivity contribution in [2.45, 2.75) is 0 Å². The van der Waals surface area contributed by atoms with Gasteiger partial charge in [-0.1, -0.05) is 188 Å². The highest BCUT2D eigenvalue weighted by molar-refractivity contribution is 6.28. The first kappa shape index (κ1) is 47.5. The van der Waals surface area contributed by atoms with Crippen molar-refractivity contribution in [1.29, 1.82) is 0 Å². The normalized spacial score (nSPS) is 11.8. The molecule has 0 aliphatic heterocycles. The highest BCUT2D eigenvalue weighted by Crippen LogP contribution is 2.44. The third-order valence-corrected chi connectivity index (χ3v) is 17.2. The van der Waals surface area contributed by atoms with E-state index in [0.29, 0.717) is 0 Å². The van der Waals surface area contributed by atoms with Gasteiger partial charge in [0.1, 0.15) is 0 Å². The number of nitrogens with zero attached hydrogens (tertiary/aromatic N) is 5. The third-order valence-electron chi connectivity index (χ3n) is 17.2. The molecular weight excluding hydrogens is 1020 g/mol. The van der Waals surface area contributed by atoms with Crippen LogP contribution in [-0.2, 0) is 0 Å². The van der Waals surface area contributed by atoms with E-state index in [1.807, 2.05) is 30.9 Å². The number of hydrogen-bond donors (Lipinski definition) is 0. The Morgan fingerprint density at radius 1 is 0.190 bits per heavy atom. The fraction of sp³-hybridized carbons (Fsp3) is 0. The Balaban J connectivity index is 0.881. The smallest absolute Gasteiger partial charge is 0.0964 e. The van der Waals surface area contributed by atoms with E-state index in [0.717, 1.165) is 138 Å². The van der Waals surface area contributed by atoms with Crippen LogP contribution in [0.15, 0.2) is 286 Å². The van der Waals surface area contributed by atoms with Crippen LogP contribution in [0.3, 0.4) is 0 Å². The molecule has 0 radical (unpaired) electrons. The predicted molar refractivity (Wildman–Crippen MR) is 351 cm³/mol. The highest BCUT2D eigenvalue weighted by atomic mass is 14.7. The van der Waals surface area contributed by atoms with Gasteiger partial charge >= 0.3 is 0 Å². The van der Waals surface area contributed by atoms with Crippen molar-refractivity contribution in [3.8, 4) is 78.3 Å². The maximum absolute atomic E-state index is 5.79. The molecule has 17 aromatic rings. The molecule has 0 saturated heterocycles. The van der Waals surface area contributed by atoms with Crippen LogP contribution in [0.25, 0.3) is 176 Å². The average molecular weight is 1070 g/mol. The monoisotopic (exact) mass is 1070 g/mol. The molecule has 0 fully saturated rings. The first-order chi connectivity index (χ1) is 41.6. The van der Waals surface area contributed by atoms with Crippen LogP contribution in [0.4, 0.5) is 0 Å². The SMILES string of the molecule is c1ccc(-c2ccnc(-c3ccc4c5ccc(-c6cc(-c7ccccc7)ccn6)cc5c5cc(-c6ccc7c(-c8cnc9c(ccc%10cccnc%109)c8)ccc(-c8ccc9c%10ccccc%10c%10ccccc%10c9c8)c7n6)ccc5c4c3)c2)cc1. The minimum Gasteiger partial charge on any atom is -0.256 e. The Morgan fingerprint density at radius 2 is 0.643 bits per heavy atom. The molecule has 0 unspecified atom stereocenters. The van der Waals surface area contributed by atoms with Crippen LogP contribution < -0.4 is 0 Å². The molecule has 5 nitrogen and oxygen atoms in total. The summed E-state index contributed by atoms with van der Waals surface area (Å²) in [6, 6.07) is 94.2. The largest absolute Gasteiger partial charge is 0.256 e. The van der Waals surface area contributed by atoms with Crippen molar-refractivity contribution in [2.75, 3.05) is 0 Å². The Kier molecular flexibility index (Phi) is 10.9. The summed E-state index contributed by atoms with van der Waals surface area (Å²) in [5.74, 6) is 0. The second-order valence-electron chi connectivity index (χ2n) is 21.9. The van der Waals surface area contributed by atoms with Gasteiger partial charge in [0.15, 0.2) is 0 Å². The first-order valence-electron chi connectivity index (χ1n) is 28.5. The van der Waals surface area contributed by atoms with Crippen molar-refractivity contribution >= 4 is 97.3 Å². The zero-order valence-corrected chi connectivity index (χ0v) is 45.4. The van der Waals surface area contributed by atoms with E-state index < -0.39 is 0 Å². The Hall–Kier alpha value is -11.3. The zero-order valence-electron chi connectivity index (χ0n) is 45.4. The molecular formula is C79H47N5. The fourth-order valence-corrected chi connectivity index (χ4v) is 13.1. The van der Waals surface area contributed by atoms with Crippen LogP contribution in [-0.4, -0.2) is 24.9 Å². The molecule has 0 spiro atoms. The van der Waals surface area contributed by atoms with Gasteiger partial charge in [-0.05, 0) is 171 Å². The van der Waals surface area contributed by atoms with Gasteiger partial charge in [-0.2, -0.15) is 0 Å². The summed E-state index contributed by atoms with van der Waals surface area (Å²) in [6.07, 6.45) is 7.67. The van der Waals surface area contributed by atoms with Crippen molar-refractivity contribution in [2.24, 2.45) is 0 Å². The number of hydrogen-bond acceptors (Lipinski definition) is 5. The van der Waals surface area contributed by atoms with Crippen molar-refractivity contribution in [3.05, 3.63) is 286 Å². The van der Waals surface area contributed by atoms with Crippen LogP contribution in [0.2, 0.25) is 0 Å². The number of aromatic nitrogens is 5. The Labute approximate surface area is 483 Å². The molecule has 0 bridgehead atoms. The summed E-state index contributed by atoms with van der Waals surface area (Å²) in [5, 5.41) is 17.5. The Bertz CT molecular complexity index is 5530. The standard InChI is InChI=1S/C79H47N5/c1-3-12-48(13-4-1)51-35-38-80-75(45-51)55-25-28-66-67-29-26-56(76-46-52(36-39-81-76)49-14-5-2-6-15-49)44-72(67)73-42-54(24-30-68(73)71(66)43-55)74-34-33-69-59(58-40-57-22-21-50-16-11-37-82-77(50)78(57)83-47-58)31-32-60(79(69)84-74)53-23-27-65-63-19-8-7-17-61(63)62-18-9-10-20-64(62)70(65)41-53/h1-47H. The van der Waals surface area contributed by atoms with Crippen molar-refractivity contribution in [3.63, 3.8) is 0 Å². The molecule has 5 aromatic heterocycles. The summed E-state index contributed by atoms with van der Waals surface area (Å²) < 4.78 is 0. The van der Waals surface area contributed by atoms with E-state index in [4.69, 9.17) is 24.9 Å². The molecule has 0 atom stereocenters. The lowest BCUT2D eigenvalue weighted by molar-refractivity contribution is 1.33. The molecule has 0 aliphatic rings. The van der Waals surface area contributed by atoms with E-state index in [1.54, 1.807) is 0 Å². The summed E-state index contributed by atoms with van der Waals surface area (Å²) in [7, 11) is 0. The predicted octanol–water partition coefficient (Wildman–Crippen LogP) is 20.7. The molecule has 5 heteroatoms. The second-order valence-corrected chi connectivity index (χ2v) is 21.9. The van der Waals surface area contributed by atoms with Crippen molar-refractivity contribution < 1.29 is 0 Å². The van der Waals surface area contributed by atoms with Gasteiger partial charge in [0.05, 0.1) is 33.6 Å². The van der Waals surface area contributed by atoms with Crippen LogP contribution in [0.5, 0.6) is 0 Å². The molecule has 5 heterocycles. The van der Waals surface area contributed by atoms with Crippen LogP contribution >= 0.6 is 0 Å². The molecule has 0 aliphatic carbocycles. The molecule has 84 heavy (non-hydrogen) atoms. The van der Waals surface area contributed by atoms with Gasteiger partial charge < -0.3 is 0 Å². The minimum absolute atomic E-state index is 0.881. The second kappa shape index (κ2) is 19.2. The molecule has 17 rings (SSSR count). The summed E-state index contributed by atoms with van der Waals surface area (Å²) >= 11 is 0. The number of rotatable bonds is 7. The highest BCUT2D eigenvalue weighted by Gasteiger charge is 2.19. The van der Waals surface area contributed by atoms with Gasteiger partial charge in [0.25, 0.3) is 0 Å². The maximum Gasteiger partial charge on any atom is 0.0964 e. The van der Waals surface area contributed by atoms with Gasteiger partial charge in [-0.25, -0.2) is 4.98 Å². The number of fused-ring (bicyclic) bond motifs is 16. The average Bonchev–Trinajstić information content (AvgIpc) is 1.76. The molecule has 388 valence electrons. The summed E-state index contributed by atoms with van der Waals surface area (Å²) in [5.41, 5.74) is 17.4. The lowest BCUT2D eigenvalue weighted by Gasteiger charge is -2.16. The van der Waals surface area contributed by atoms with E-state index in [9.17, 15) is 0 Å². The van der Waals surface area contributed by atoms with Gasteiger partial charge in [0.2, 0.25) is 0 Å². The molecule has 0 saturated carbocycles. The topological polar surface area (TPSA) is 64.5 Å². The third kappa shape index (κ3) is 7.82. The quantitative estimate of drug-likeness (QED) is 0.149. The van der Waals surface area contributed by atoms with E-state index in [1.165, 1.54) is 37.7 Å². The van der Waals surface area contributed by atoms with Gasteiger partial charge in [-0.15, -0.1) is 0 Å². The van der Waals surface area contributed by atoms with Crippen molar-refractivity contribution in [1.82, 2.24) is 24.9 Å². The van der Waals surface area contributed by atoms with E-state index in [-0.39, 0.29) is 0 Å². The zero-order chi connectivity index (χ0) is 55.2. The molecule has 12 aromatic carbocycles. The van der Waals surface area contributed by atoms with Crippen LogP contribution in [0.1, 0.15) is 0 Å². The molecule has 0 N–H and O–H groups in total. The number of benzene rings is 12. The first-order valence-corrected chi connectivity index (χ1v) is 28.5. The fourth-order valence-electron chi connectivity index (χ4n) is 13.1. The van der Waals surface area contributed by atoms with Crippen LogP contribution in [0, 0.1) is 0 Å². The summed E-state index contributed by atoms with van der Waals surface area (Å²) in [4.78, 5) is 25.5. The minimum atomic E-state index is 0.881. The number of pyridine rings is 5. The Morgan fingerprint density at radius 3 is 1.24 bits per heavy atom. The lowest BCUT2D eigenvalue weighted by Crippen LogP contribution is -1.94. The summed E-state index contributed by atoms with van der Waals surface area (Å²) in [6.45, 7) is 0. The van der Waals surface area contributed by atoms with Gasteiger partial charge in [0, 0.05) is 68.8 Å². The van der Waals surface area contributed by atoms with E-state index >= 15 is 0 Å². The maximum atomic E-state index is 5.79. The van der Waals surface area contributed by atoms with Gasteiger partial charge in [-0.3, -0.25) is 19.9 Å².